The highest BCUT2D eigenvalue weighted by atomic mass is 16.7. The maximum atomic E-state index is 11.9. The minimum Gasteiger partial charge on any atom is -0.463 e. The monoisotopic (exact) mass is 466 g/mol. The SMILES string of the molecule is CC(=O)NC1C(Oc2ccccc2C(N)=O)OC(COC(C)=O)C(OC(C)=O)C1OC(C)=O. The van der Waals surface area contributed by atoms with E-state index in [0.29, 0.717) is 0 Å². The third kappa shape index (κ3) is 7.17. The van der Waals surface area contributed by atoms with Gasteiger partial charge in [0, 0.05) is 27.7 Å². The lowest BCUT2D eigenvalue weighted by Gasteiger charge is -2.44. The van der Waals surface area contributed by atoms with Crippen LogP contribution in [-0.2, 0) is 38.1 Å². The summed E-state index contributed by atoms with van der Waals surface area (Å²) in [6, 6.07) is 4.86. The molecule has 1 aromatic carbocycles. The van der Waals surface area contributed by atoms with Gasteiger partial charge in [-0.25, -0.2) is 0 Å². The summed E-state index contributed by atoms with van der Waals surface area (Å²) in [6.07, 6.45) is -5.03. The lowest BCUT2D eigenvalue weighted by Crippen LogP contribution is -2.67. The fraction of sp³-hybridized carbons (Fsp3) is 0.476. The molecule has 1 aliphatic rings. The predicted molar refractivity (Wildman–Crippen MR) is 110 cm³/mol. The number of carbonyl (C=O) groups excluding carboxylic acids is 5. The number of hydrogen-bond acceptors (Lipinski definition) is 10. The molecule has 0 aromatic heterocycles. The third-order valence-corrected chi connectivity index (χ3v) is 4.47. The number of nitrogens with one attached hydrogen (secondary N) is 1. The first-order chi connectivity index (χ1) is 15.5. The zero-order chi connectivity index (χ0) is 24.7. The van der Waals surface area contributed by atoms with Crippen molar-refractivity contribution in [1.29, 1.82) is 0 Å². The molecule has 1 fully saturated rings. The van der Waals surface area contributed by atoms with Gasteiger partial charge in [0.1, 0.15) is 24.5 Å². The van der Waals surface area contributed by atoms with Gasteiger partial charge in [-0.05, 0) is 12.1 Å². The second kappa shape index (κ2) is 11.3. The van der Waals surface area contributed by atoms with Gasteiger partial charge in [-0.2, -0.15) is 0 Å². The fourth-order valence-electron chi connectivity index (χ4n) is 3.29. The van der Waals surface area contributed by atoms with E-state index < -0.39 is 60.4 Å². The van der Waals surface area contributed by atoms with Gasteiger partial charge in [0.2, 0.25) is 12.2 Å². The molecule has 1 aromatic rings. The summed E-state index contributed by atoms with van der Waals surface area (Å²) in [4.78, 5) is 58.7. The summed E-state index contributed by atoms with van der Waals surface area (Å²) >= 11 is 0. The van der Waals surface area contributed by atoms with Crippen molar-refractivity contribution >= 4 is 29.7 Å². The van der Waals surface area contributed by atoms with Crippen LogP contribution in [0.3, 0.4) is 0 Å². The Morgan fingerprint density at radius 3 is 2.09 bits per heavy atom. The minimum atomic E-state index is -1.36. The van der Waals surface area contributed by atoms with Crippen molar-refractivity contribution in [3.05, 3.63) is 29.8 Å². The van der Waals surface area contributed by atoms with E-state index in [9.17, 15) is 24.0 Å². The Morgan fingerprint density at radius 1 is 0.939 bits per heavy atom. The van der Waals surface area contributed by atoms with Gasteiger partial charge in [-0.3, -0.25) is 24.0 Å². The minimum absolute atomic E-state index is 0.0316. The highest BCUT2D eigenvalue weighted by molar-refractivity contribution is 5.95. The van der Waals surface area contributed by atoms with E-state index in [-0.39, 0.29) is 17.9 Å². The molecule has 12 nitrogen and oxygen atoms in total. The van der Waals surface area contributed by atoms with Crippen LogP contribution in [-0.4, -0.2) is 67.0 Å². The molecule has 5 atom stereocenters. The Hall–Kier alpha value is -3.67. The molecule has 0 bridgehead atoms. The van der Waals surface area contributed by atoms with Crippen molar-refractivity contribution in [3.8, 4) is 5.75 Å². The lowest BCUT2D eigenvalue weighted by molar-refractivity contribution is -0.257. The molecule has 3 N–H and O–H groups in total. The first-order valence-corrected chi connectivity index (χ1v) is 9.95. The first kappa shape index (κ1) is 25.6. The van der Waals surface area contributed by atoms with Crippen LogP contribution in [0.4, 0.5) is 0 Å². The van der Waals surface area contributed by atoms with Crippen molar-refractivity contribution < 1.29 is 47.7 Å². The summed E-state index contributed by atoms with van der Waals surface area (Å²) in [6.45, 7) is 4.27. The Balaban J connectivity index is 2.51. The van der Waals surface area contributed by atoms with E-state index in [4.69, 9.17) is 29.4 Å². The van der Waals surface area contributed by atoms with Crippen molar-refractivity contribution in [1.82, 2.24) is 5.32 Å². The number of benzene rings is 1. The summed E-state index contributed by atoms with van der Waals surface area (Å²) in [7, 11) is 0. The number of primary amides is 1. The Kier molecular flexibility index (Phi) is 8.74. The maximum Gasteiger partial charge on any atom is 0.303 e. The number of ether oxygens (including phenoxy) is 5. The number of rotatable bonds is 8. The van der Waals surface area contributed by atoms with Crippen LogP contribution < -0.4 is 15.8 Å². The highest BCUT2D eigenvalue weighted by Crippen LogP contribution is 2.30. The van der Waals surface area contributed by atoms with E-state index in [1.54, 1.807) is 12.1 Å². The molecule has 1 saturated heterocycles. The van der Waals surface area contributed by atoms with Gasteiger partial charge in [0.15, 0.2) is 12.2 Å². The fourth-order valence-corrected chi connectivity index (χ4v) is 3.29. The molecule has 2 rings (SSSR count). The number of carbonyl (C=O) groups is 5. The van der Waals surface area contributed by atoms with Crippen LogP contribution in [0.25, 0.3) is 0 Å². The molecule has 1 aliphatic heterocycles. The molecule has 0 spiro atoms. The van der Waals surface area contributed by atoms with Gasteiger partial charge < -0.3 is 34.7 Å². The normalized spacial score (nSPS) is 24.2. The molecule has 180 valence electrons. The standard InChI is InChI=1S/C21H26N2O10/c1-10(24)23-17-19(31-13(4)27)18(30-12(3)26)16(9-29-11(2)25)33-21(17)32-15-8-6-5-7-14(15)20(22)28/h5-8,16-19,21H,9H2,1-4H3,(H2,22,28)(H,23,24). The van der Waals surface area contributed by atoms with Crippen LogP contribution in [0.1, 0.15) is 38.1 Å². The molecule has 33 heavy (non-hydrogen) atoms. The van der Waals surface area contributed by atoms with Crippen molar-refractivity contribution in [3.63, 3.8) is 0 Å². The van der Waals surface area contributed by atoms with Gasteiger partial charge >= 0.3 is 17.9 Å². The van der Waals surface area contributed by atoms with Crippen molar-refractivity contribution in [2.24, 2.45) is 5.73 Å². The Labute approximate surface area is 189 Å². The predicted octanol–water partition coefficient (Wildman–Crippen LogP) is -0.180. The van der Waals surface area contributed by atoms with Gasteiger partial charge in [0.05, 0.1) is 5.56 Å². The highest BCUT2D eigenvalue weighted by Gasteiger charge is 2.52. The zero-order valence-electron chi connectivity index (χ0n) is 18.6. The first-order valence-electron chi connectivity index (χ1n) is 9.95. The van der Waals surface area contributed by atoms with Crippen LogP contribution in [0.5, 0.6) is 5.75 Å². The molecule has 2 amide bonds. The van der Waals surface area contributed by atoms with Crippen LogP contribution in [0.2, 0.25) is 0 Å². The molecule has 5 unspecified atom stereocenters. The van der Waals surface area contributed by atoms with E-state index in [1.165, 1.54) is 26.0 Å². The smallest absolute Gasteiger partial charge is 0.303 e. The summed E-state index contributed by atoms with van der Waals surface area (Å²) in [5.41, 5.74) is 5.43. The number of nitrogens with two attached hydrogens (primary N) is 1. The topological polar surface area (TPSA) is 170 Å². The van der Waals surface area contributed by atoms with E-state index in [2.05, 4.69) is 5.32 Å². The number of amides is 2. The average Bonchev–Trinajstić information content (AvgIpc) is 2.70. The molecular formula is C21H26N2O10. The summed E-state index contributed by atoms with van der Waals surface area (Å²) < 4.78 is 27.4. The number of esters is 3. The van der Waals surface area contributed by atoms with E-state index in [1.807, 2.05) is 0 Å². The van der Waals surface area contributed by atoms with E-state index >= 15 is 0 Å². The number of hydrogen-bond donors (Lipinski definition) is 2. The molecule has 0 radical (unpaired) electrons. The summed E-state index contributed by atoms with van der Waals surface area (Å²) in [5.74, 6) is -3.37. The molecule has 0 aliphatic carbocycles. The molecule has 1 heterocycles. The quantitative estimate of drug-likeness (QED) is 0.387. The molecule has 12 heteroatoms. The third-order valence-electron chi connectivity index (χ3n) is 4.47. The Morgan fingerprint density at radius 2 is 1.55 bits per heavy atom. The van der Waals surface area contributed by atoms with E-state index in [0.717, 1.165) is 13.8 Å². The number of para-hydroxylation sites is 1. The van der Waals surface area contributed by atoms with Gasteiger partial charge in [-0.15, -0.1) is 0 Å². The van der Waals surface area contributed by atoms with Crippen LogP contribution in [0.15, 0.2) is 24.3 Å². The maximum absolute atomic E-state index is 11.9. The average molecular weight is 466 g/mol. The molecule has 0 saturated carbocycles. The van der Waals surface area contributed by atoms with Crippen molar-refractivity contribution in [2.75, 3.05) is 6.61 Å². The molecular weight excluding hydrogens is 440 g/mol. The summed E-state index contributed by atoms with van der Waals surface area (Å²) in [5, 5.41) is 2.56. The van der Waals surface area contributed by atoms with Gasteiger partial charge in [-0.1, -0.05) is 12.1 Å². The largest absolute Gasteiger partial charge is 0.463 e. The van der Waals surface area contributed by atoms with Crippen LogP contribution in [0, 0.1) is 0 Å². The second-order valence-electron chi connectivity index (χ2n) is 7.20. The Bertz CT molecular complexity index is 918. The second-order valence-corrected chi connectivity index (χ2v) is 7.20. The lowest BCUT2D eigenvalue weighted by atomic mass is 9.96. The van der Waals surface area contributed by atoms with Crippen LogP contribution >= 0.6 is 0 Å². The van der Waals surface area contributed by atoms with Crippen molar-refractivity contribution in [2.45, 2.75) is 58.3 Å². The van der Waals surface area contributed by atoms with Gasteiger partial charge in [0.25, 0.3) is 5.91 Å². The zero-order valence-corrected chi connectivity index (χ0v) is 18.6.